The maximum absolute atomic E-state index is 14.5. The first-order valence-corrected chi connectivity index (χ1v) is 16.3. The second kappa shape index (κ2) is 14.7. The van der Waals surface area contributed by atoms with E-state index >= 15 is 0 Å². The van der Waals surface area contributed by atoms with Crippen LogP contribution < -0.4 is 5.32 Å². The van der Waals surface area contributed by atoms with Crippen molar-refractivity contribution >= 4 is 35.0 Å². The van der Waals surface area contributed by atoms with E-state index in [1.54, 1.807) is 13.1 Å². The van der Waals surface area contributed by atoms with Crippen molar-refractivity contribution in [1.29, 1.82) is 0 Å². The lowest BCUT2D eigenvalue weighted by atomic mass is 9.79. The number of carbonyl (C=O) groups is 2. The lowest BCUT2D eigenvalue weighted by Crippen LogP contribution is -2.74. The number of carbonyl (C=O) groups excluding carboxylic acids is 2. The number of quaternary nitrogens is 1. The molecule has 0 radical (unpaired) electrons. The molecule has 6 nitrogen and oxygen atoms in total. The van der Waals surface area contributed by atoms with E-state index in [0.717, 1.165) is 87.0 Å². The maximum atomic E-state index is 14.5. The summed E-state index contributed by atoms with van der Waals surface area (Å²) in [5.74, 6) is -2.02. The van der Waals surface area contributed by atoms with E-state index in [1.807, 2.05) is 30.9 Å². The van der Waals surface area contributed by atoms with Crippen molar-refractivity contribution in [1.82, 2.24) is 15.1 Å². The van der Waals surface area contributed by atoms with Gasteiger partial charge < -0.3 is 19.6 Å². The topological polar surface area (TPSA) is 52.7 Å². The fourth-order valence-corrected chi connectivity index (χ4v) is 7.64. The van der Waals surface area contributed by atoms with E-state index in [1.165, 1.54) is 11.0 Å². The Hall–Kier alpha value is -2.26. The summed E-state index contributed by atoms with van der Waals surface area (Å²) < 4.78 is 28.8. The zero-order valence-corrected chi connectivity index (χ0v) is 27.1. The molecule has 43 heavy (non-hydrogen) atoms. The number of rotatable bonds is 11. The third-order valence-electron chi connectivity index (χ3n) is 9.78. The molecule has 0 spiro atoms. The first-order valence-electron chi connectivity index (χ1n) is 15.6. The molecule has 0 saturated carbocycles. The molecule has 0 aliphatic carbocycles. The molecule has 2 aromatic rings. The van der Waals surface area contributed by atoms with E-state index in [0.29, 0.717) is 36.1 Å². The summed E-state index contributed by atoms with van der Waals surface area (Å²) in [6.45, 7) is 10.0. The number of halogens is 4. The van der Waals surface area contributed by atoms with Crippen molar-refractivity contribution in [3.05, 3.63) is 69.2 Å². The SMILES string of the molecule is CCN(CC)C(=O)C1([N+]2(CCC(CN(C)C(=O)c3ccc(F)cc3F)c3ccc(Cl)c(Cl)c3)CCCCC2)CCNCC1. The third-order valence-corrected chi connectivity index (χ3v) is 10.5. The van der Waals surface area contributed by atoms with Gasteiger partial charge in [0.15, 0.2) is 5.54 Å². The van der Waals surface area contributed by atoms with Crippen LogP contribution in [0, 0.1) is 11.6 Å². The number of piperidine rings is 2. The lowest BCUT2D eigenvalue weighted by Gasteiger charge is -2.57. The van der Waals surface area contributed by atoms with Gasteiger partial charge in [-0.15, -0.1) is 0 Å². The number of hydrogen-bond donors (Lipinski definition) is 1. The van der Waals surface area contributed by atoms with E-state index in [9.17, 15) is 18.4 Å². The summed E-state index contributed by atoms with van der Waals surface area (Å²) in [6, 6.07) is 8.54. The van der Waals surface area contributed by atoms with Crippen LogP contribution in [0.3, 0.4) is 0 Å². The molecule has 0 aromatic heterocycles. The molecule has 2 amide bonds. The van der Waals surface area contributed by atoms with Crippen LogP contribution in [0.5, 0.6) is 0 Å². The molecule has 236 valence electrons. The Labute approximate surface area is 264 Å². The summed E-state index contributed by atoms with van der Waals surface area (Å²) in [7, 11) is 1.64. The Bertz CT molecular complexity index is 1280. The van der Waals surface area contributed by atoms with Crippen LogP contribution in [0.25, 0.3) is 0 Å². The normalized spacial score (nSPS) is 18.6. The highest BCUT2D eigenvalue weighted by Crippen LogP contribution is 2.41. The van der Waals surface area contributed by atoms with Crippen molar-refractivity contribution < 1.29 is 22.9 Å². The van der Waals surface area contributed by atoms with Crippen molar-refractivity contribution in [2.75, 3.05) is 59.4 Å². The van der Waals surface area contributed by atoms with Crippen LogP contribution in [0.2, 0.25) is 10.0 Å². The van der Waals surface area contributed by atoms with E-state index < -0.39 is 23.1 Å². The van der Waals surface area contributed by atoms with Crippen LogP contribution in [0.1, 0.15) is 74.2 Å². The maximum Gasteiger partial charge on any atom is 0.284 e. The number of likely N-dealkylation sites (tertiary alicyclic amines) is 1. The number of hydrogen-bond acceptors (Lipinski definition) is 3. The minimum absolute atomic E-state index is 0.147. The second-order valence-corrected chi connectivity index (χ2v) is 12.9. The van der Waals surface area contributed by atoms with Crippen LogP contribution >= 0.6 is 23.2 Å². The van der Waals surface area contributed by atoms with Crippen molar-refractivity contribution in [2.24, 2.45) is 0 Å². The van der Waals surface area contributed by atoms with Gasteiger partial charge in [-0.1, -0.05) is 29.3 Å². The fourth-order valence-electron chi connectivity index (χ4n) is 7.33. The summed E-state index contributed by atoms with van der Waals surface area (Å²) >= 11 is 12.7. The molecular weight excluding hydrogens is 593 g/mol. The van der Waals surface area contributed by atoms with E-state index in [-0.39, 0.29) is 17.4 Å². The number of benzene rings is 2. The van der Waals surface area contributed by atoms with Gasteiger partial charge >= 0.3 is 0 Å². The summed E-state index contributed by atoms with van der Waals surface area (Å²) in [5, 5.41) is 4.36. The quantitative estimate of drug-likeness (QED) is 0.286. The van der Waals surface area contributed by atoms with Gasteiger partial charge in [-0.25, -0.2) is 8.78 Å². The average Bonchev–Trinajstić information content (AvgIpc) is 3.01. The molecule has 2 fully saturated rings. The lowest BCUT2D eigenvalue weighted by molar-refractivity contribution is -0.972. The fraction of sp³-hybridized carbons (Fsp3) is 0.576. The molecule has 1 atom stereocenters. The molecule has 0 bridgehead atoms. The first kappa shape index (κ1) is 33.6. The van der Waals surface area contributed by atoms with Gasteiger partial charge in [-0.05, 0) is 62.9 Å². The minimum Gasteiger partial charge on any atom is -0.341 e. The van der Waals surface area contributed by atoms with E-state index in [4.69, 9.17) is 23.2 Å². The van der Waals surface area contributed by atoms with Gasteiger partial charge in [0, 0.05) is 71.0 Å². The predicted octanol–water partition coefficient (Wildman–Crippen LogP) is 6.51. The van der Waals surface area contributed by atoms with Gasteiger partial charge in [-0.3, -0.25) is 9.59 Å². The molecule has 2 aromatic carbocycles. The number of nitrogens with one attached hydrogen (secondary N) is 1. The highest BCUT2D eigenvalue weighted by Gasteiger charge is 2.58. The Morgan fingerprint density at radius 3 is 2.26 bits per heavy atom. The van der Waals surface area contributed by atoms with Gasteiger partial charge in [-0.2, -0.15) is 0 Å². The second-order valence-electron chi connectivity index (χ2n) is 12.1. The van der Waals surface area contributed by atoms with Crippen molar-refractivity contribution in [3.8, 4) is 0 Å². The molecule has 1 N–H and O–H groups in total. The molecule has 2 aliphatic heterocycles. The minimum atomic E-state index is -0.886. The highest BCUT2D eigenvalue weighted by molar-refractivity contribution is 6.42. The Morgan fingerprint density at radius 1 is 0.977 bits per heavy atom. The summed E-state index contributed by atoms with van der Waals surface area (Å²) in [6.07, 6.45) is 5.58. The van der Waals surface area contributed by atoms with Gasteiger partial charge in [0.25, 0.3) is 11.8 Å². The standard InChI is InChI=1S/C33H45Cl2F2N4O2/c1-4-40(5-2)32(43)33(14-16-38-17-15-33)41(18-7-6-8-19-41)20-13-25(24-9-12-28(34)29(35)21-24)23-39(3)31(42)27-11-10-26(36)22-30(27)37/h9-12,21-22,25,38H,4-8,13-20,23H2,1-3H3/q+1. The molecule has 1 unspecified atom stereocenters. The first-order chi connectivity index (χ1) is 20.6. The number of likely N-dealkylation sites (N-methyl/N-ethyl adjacent to an activating group) is 2. The number of nitrogens with zero attached hydrogens (tertiary/aromatic N) is 3. The molecule has 10 heteroatoms. The monoisotopic (exact) mass is 637 g/mol. The highest BCUT2D eigenvalue weighted by atomic mass is 35.5. The zero-order chi connectivity index (χ0) is 31.2. The molecule has 4 rings (SSSR count). The van der Waals surface area contributed by atoms with Crippen LogP contribution in [-0.4, -0.2) is 91.0 Å². The largest absolute Gasteiger partial charge is 0.341 e. The Morgan fingerprint density at radius 2 is 1.65 bits per heavy atom. The smallest absolute Gasteiger partial charge is 0.284 e. The van der Waals surface area contributed by atoms with Crippen LogP contribution in [-0.2, 0) is 4.79 Å². The van der Waals surface area contributed by atoms with E-state index in [2.05, 4.69) is 5.32 Å². The van der Waals surface area contributed by atoms with Gasteiger partial charge in [0.05, 0.1) is 35.2 Å². The molecule has 2 aliphatic rings. The molecule has 2 saturated heterocycles. The Balaban J connectivity index is 1.68. The summed E-state index contributed by atoms with van der Waals surface area (Å²) in [5.41, 5.74) is 0.256. The average molecular weight is 639 g/mol. The van der Waals surface area contributed by atoms with Crippen molar-refractivity contribution in [2.45, 2.75) is 63.8 Å². The van der Waals surface area contributed by atoms with Crippen LogP contribution in [0.15, 0.2) is 36.4 Å². The molecular formula is C33H45Cl2F2N4O2+. The third kappa shape index (κ3) is 7.19. The van der Waals surface area contributed by atoms with Crippen LogP contribution in [0.4, 0.5) is 8.78 Å². The number of amides is 2. The van der Waals surface area contributed by atoms with Gasteiger partial charge in [0.2, 0.25) is 0 Å². The van der Waals surface area contributed by atoms with Crippen molar-refractivity contribution in [3.63, 3.8) is 0 Å². The summed E-state index contributed by atoms with van der Waals surface area (Å²) in [4.78, 5) is 31.2. The van der Waals surface area contributed by atoms with Gasteiger partial charge in [0.1, 0.15) is 11.6 Å². The molecule has 2 heterocycles. The Kier molecular flexibility index (Phi) is 11.5. The predicted molar refractivity (Wildman–Crippen MR) is 169 cm³/mol. The zero-order valence-electron chi connectivity index (χ0n) is 25.6.